The van der Waals surface area contributed by atoms with E-state index in [0.29, 0.717) is 12.1 Å². The summed E-state index contributed by atoms with van der Waals surface area (Å²) in [6, 6.07) is 8.55. The molecule has 8 heteroatoms. The van der Waals surface area contributed by atoms with Crippen LogP contribution in [0.4, 0.5) is 26.3 Å². The number of rotatable bonds is 4. The summed E-state index contributed by atoms with van der Waals surface area (Å²) in [4.78, 5) is 11.8. The average Bonchev–Trinajstić information content (AvgIpc) is 2.51. The molecule has 0 unspecified atom stereocenters. The van der Waals surface area contributed by atoms with Crippen LogP contribution in [0.25, 0.3) is 0 Å². The van der Waals surface area contributed by atoms with Gasteiger partial charge < -0.3 is 4.74 Å². The van der Waals surface area contributed by atoms with Crippen molar-refractivity contribution in [1.29, 1.82) is 0 Å². The molecule has 24 heavy (non-hydrogen) atoms. The summed E-state index contributed by atoms with van der Waals surface area (Å²) in [5, 5.41) is 0. The quantitative estimate of drug-likeness (QED) is 0.575. The van der Waals surface area contributed by atoms with Gasteiger partial charge in [-0.25, -0.2) is 0 Å². The molecule has 2 aromatic carbocycles. The van der Waals surface area contributed by atoms with E-state index < -0.39 is 41.6 Å². The Balaban J connectivity index is 2.25. The number of ketones is 1. The smallest absolute Gasteiger partial charge is 0.416 e. The van der Waals surface area contributed by atoms with E-state index in [-0.39, 0.29) is 11.6 Å². The lowest BCUT2D eigenvalue weighted by molar-refractivity contribution is -0.143. The van der Waals surface area contributed by atoms with Crippen molar-refractivity contribution in [3.8, 4) is 5.75 Å². The van der Waals surface area contributed by atoms with Crippen LogP contribution in [0.3, 0.4) is 0 Å². The van der Waals surface area contributed by atoms with Crippen LogP contribution in [0, 0.1) is 0 Å². The lowest BCUT2D eigenvalue weighted by Gasteiger charge is -2.14. The van der Waals surface area contributed by atoms with Gasteiger partial charge in [-0.15, -0.1) is 0 Å². The first kappa shape index (κ1) is 17.8. The molecule has 0 N–H and O–H groups in total. The number of hydrogen-bond acceptors (Lipinski definition) is 2. The fourth-order valence-corrected chi connectivity index (χ4v) is 1.87. The zero-order valence-electron chi connectivity index (χ0n) is 11.9. The van der Waals surface area contributed by atoms with Gasteiger partial charge in [-0.2, -0.15) is 26.3 Å². The Morgan fingerprint density at radius 2 is 1.33 bits per heavy atom. The third-order valence-electron chi connectivity index (χ3n) is 3.03. The first-order valence-corrected chi connectivity index (χ1v) is 6.58. The van der Waals surface area contributed by atoms with Gasteiger partial charge in [-0.1, -0.05) is 30.3 Å². The Morgan fingerprint density at radius 3 is 1.79 bits per heavy atom. The molecule has 0 aliphatic heterocycles. The van der Waals surface area contributed by atoms with Gasteiger partial charge in [0.25, 0.3) is 0 Å². The van der Waals surface area contributed by atoms with Crippen LogP contribution in [0.2, 0.25) is 0 Å². The van der Waals surface area contributed by atoms with Gasteiger partial charge in [-0.3, -0.25) is 4.79 Å². The highest BCUT2D eigenvalue weighted by Crippen LogP contribution is 2.38. The highest BCUT2D eigenvalue weighted by molar-refractivity contribution is 5.97. The molecule has 0 saturated heterocycles. The number of alkyl halides is 6. The molecule has 0 spiro atoms. The topological polar surface area (TPSA) is 26.3 Å². The number of halogens is 6. The third-order valence-corrected chi connectivity index (χ3v) is 3.03. The molecule has 0 bridgehead atoms. The molecule has 0 aliphatic rings. The predicted octanol–water partition coefficient (Wildman–Crippen LogP) is 4.99. The van der Waals surface area contributed by atoms with Crippen molar-refractivity contribution in [2.24, 2.45) is 0 Å². The third kappa shape index (κ3) is 4.50. The number of Topliss-reactive ketones (excluding diaryl/α,β-unsaturated/α-hetero) is 1. The van der Waals surface area contributed by atoms with Gasteiger partial charge in [0.05, 0.1) is 11.1 Å². The monoisotopic (exact) mass is 348 g/mol. The van der Waals surface area contributed by atoms with E-state index in [2.05, 4.69) is 0 Å². The van der Waals surface area contributed by atoms with Crippen molar-refractivity contribution < 1.29 is 35.9 Å². The maximum atomic E-state index is 12.7. The van der Waals surface area contributed by atoms with Crippen LogP contribution >= 0.6 is 0 Å². The van der Waals surface area contributed by atoms with Gasteiger partial charge in [0, 0.05) is 5.56 Å². The van der Waals surface area contributed by atoms with Crippen molar-refractivity contribution in [2.75, 3.05) is 6.61 Å². The molecule has 0 heterocycles. The fraction of sp³-hybridized carbons (Fsp3) is 0.188. The second-order valence-corrected chi connectivity index (χ2v) is 4.82. The molecule has 0 fully saturated rings. The number of carbonyl (C=O) groups is 1. The highest BCUT2D eigenvalue weighted by Gasteiger charge is 2.37. The summed E-state index contributed by atoms with van der Waals surface area (Å²) >= 11 is 0. The maximum Gasteiger partial charge on any atom is 0.416 e. The van der Waals surface area contributed by atoms with E-state index in [0.717, 1.165) is 0 Å². The molecule has 0 amide bonds. The average molecular weight is 348 g/mol. The fourth-order valence-electron chi connectivity index (χ4n) is 1.87. The number of carbonyl (C=O) groups excluding carboxylic acids is 1. The molecule has 0 aliphatic carbocycles. The van der Waals surface area contributed by atoms with Crippen molar-refractivity contribution in [1.82, 2.24) is 0 Å². The van der Waals surface area contributed by atoms with Gasteiger partial charge in [0.15, 0.2) is 12.4 Å². The lowest BCUT2D eigenvalue weighted by atomic mass is 10.1. The molecule has 0 saturated carbocycles. The lowest BCUT2D eigenvalue weighted by Crippen LogP contribution is -2.14. The van der Waals surface area contributed by atoms with Crippen LogP contribution < -0.4 is 4.74 Å². The maximum absolute atomic E-state index is 12.7. The summed E-state index contributed by atoms with van der Waals surface area (Å²) in [7, 11) is 0. The molecule has 0 radical (unpaired) electrons. The van der Waals surface area contributed by atoms with Crippen molar-refractivity contribution in [2.45, 2.75) is 12.4 Å². The summed E-state index contributed by atoms with van der Waals surface area (Å²) < 4.78 is 81.1. The molecule has 2 nitrogen and oxygen atoms in total. The van der Waals surface area contributed by atoms with Crippen molar-refractivity contribution in [3.05, 3.63) is 65.2 Å². The predicted molar refractivity (Wildman–Crippen MR) is 72.7 cm³/mol. The molecule has 0 aromatic heterocycles. The Labute approximate surface area is 132 Å². The molecule has 128 valence electrons. The minimum atomic E-state index is -4.97. The number of ether oxygens (including phenoxy) is 1. The Hall–Kier alpha value is -2.51. The van der Waals surface area contributed by atoms with Gasteiger partial charge in [-0.05, 0) is 18.2 Å². The van der Waals surface area contributed by atoms with Crippen LogP contribution in [0.5, 0.6) is 5.75 Å². The molecule has 0 atom stereocenters. The van der Waals surface area contributed by atoms with E-state index in [1.807, 2.05) is 0 Å². The van der Waals surface area contributed by atoms with E-state index in [4.69, 9.17) is 4.74 Å². The highest BCUT2D eigenvalue weighted by atomic mass is 19.4. The van der Waals surface area contributed by atoms with Crippen LogP contribution in [-0.4, -0.2) is 12.4 Å². The van der Waals surface area contributed by atoms with Crippen LogP contribution in [0.15, 0.2) is 48.5 Å². The molecular weight excluding hydrogens is 338 g/mol. The first-order valence-electron chi connectivity index (χ1n) is 6.58. The number of benzene rings is 2. The Bertz CT molecular complexity index is 687. The summed E-state index contributed by atoms with van der Waals surface area (Å²) in [5.41, 5.74) is -2.76. The standard InChI is InChI=1S/C16H10F6O2/c17-15(18,19)11-6-12(16(20,21)22)8-13(7-11)24-9-14(23)10-4-2-1-3-5-10/h1-8H,9H2. The molecular formula is C16H10F6O2. The minimum absolute atomic E-state index is 0.00806. The SMILES string of the molecule is O=C(COc1cc(C(F)(F)F)cc(C(F)(F)F)c1)c1ccccc1. The van der Waals surface area contributed by atoms with E-state index in [1.54, 1.807) is 18.2 Å². The Kier molecular flexibility index (Phi) is 4.86. The second kappa shape index (κ2) is 6.54. The Morgan fingerprint density at radius 1 is 0.833 bits per heavy atom. The zero-order valence-corrected chi connectivity index (χ0v) is 11.9. The van der Waals surface area contributed by atoms with E-state index >= 15 is 0 Å². The number of hydrogen-bond donors (Lipinski definition) is 0. The molecule has 2 rings (SSSR count). The summed E-state index contributed by atoms with van der Waals surface area (Å²) in [5.74, 6) is -1.25. The van der Waals surface area contributed by atoms with E-state index in [9.17, 15) is 31.1 Å². The van der Waals surface area contributed by atoms with Crippen LogP contribution in [-0.2, 0) is 12.4 Å². The van der Waals surface area contributed by atoms with Crippen molar-refractivity contribution >= 4 is 5.78 Å². The largest absolute Gasteiger partial charge is 0.485 e. The van der Waals surface area contributed by atoms with E-state index in [1.165, 1.54) is 12.1 Å². The summed E-state index contributed by atoms with van der Waals surface area (Å²) in [6.45, 7) is -0.678. The summed E-state index contributed by atoms with van der Waals surface area (Å²) in [6.07, 6.45) is -9.94. The minimum Gasteiger partial charge on any atom is -0.485 e. The molecule has 2 aromatic rings. The zero-order chi connectivity index (χ0) is 18.0. The van der Waals surface area contributed by atoms with Gasteiger partial charge in [0.1, 0.15) is 5.75 Å². The van der Waals surface area contributed by atoms with Crippen molar-refractivity contribution in [3.63, 3.8) is 0 Å². The second-order valence-electron chi connectivity index (χ2n) is 4.82. The van der Waals surface area contributed by atoms with Crippen LogP contribution in [0.1, 0.15) is 21.5 Å². The normalized spacial score (nSPS) is 12.1. The van der Waals surface area contributed by atoms with Gasteiger partial charge >= 0.3 is 12.4 Å². The first-order chi connectivity index (χ1) is 11.1. The van der Waals surface area contributed by atoms with Gasteiger partial charge in [0.2, 0.25) is 0 Å².